The molecule has 0 fully saturated rings. The average Bonchev–Trinajstić information content (AvgIpc) is 2.69. The Labute approximate surface area is 98.0 Å². The normalized spacial score (nSPS) is 15.0. The van der Waals surface area contributed by atoms with Gasteiger partial charge in [0.25, 0.3) is 0 Å². The molecule has 2 unspecified atom stereocenters. The van der Waals surface area contributed by atoms with Gasteiger partial charge in [-0.3, -0.25) is 4.68 Å². The number of ether oxygens (including phenoxy) is 1. The van der Waals surface area contributed by atoms with E-state index in [1.165, 1.54) is 0 Å². The van der Waals surface area contributed by atoms with Crippen LogP contribution in [0.3, 0.4) is 0 Å². The summed E-state index contributed by atoms with van der Waals surface area (Å²) in [6, 6.07) is 2.40. The Morgan fingerprint density at radius 2 is 2.31 bits per heavy atom. The van der Waals surface area contributed by atoms with Gasteiger partial charge in [-0.2, -0.15) is 5.10 Å². The molecule has 0 radical (unpaired) electrons. The van der Waals surface area contributed by atoms with Crippen LogP contribution in [0.15, 0.2) is 12.3 Å². The van der Waals surface area contributed by atoms with E-state index in [0.29, 0.717) is 12.0 Å². The van der Waals surface area contributed by atoms with Gasteiger partial charge in [0, 0.05) is 27.0 Å². The zero-order chi connectivity index (χ0) is 12.0. The number of methoxy groups -OCH3 is 1. The van der Waals surface area contributed by atoms with Gasteiger partial charge < -0.3 is 10.1 Å². The third-order valence-corrected chi connectivity index (χ3v) is 2.82. The molecule has 0 saturated heterocycles. The monoisotopic (exact) mass is 225 g/mol. The fourth-order valence-corrected chi connectivity index (χ4v) is 1.89. The van der Waals surface area contributed by atoms with Crippen molar-refractivity contribution in [1.29, 1.82) is 0 Å². The molecule has 0 saturated carbocycles. The molecule has 0 aromatic carbocycles. The number of hydrogen-bond donors (Lipinski definition) is 1. The molecule has 4 heteroatoms. The van der Waals surface area contributed by atoms with E-state index in [1.807, 2.05) is 17.9 Å². The van der Waals surface area contributed by atoms with Gasteiger partial charge >= 0.3 is 0 Å². The zero-order valence-electron chi connectivity index (χ0n) is 10.7. The second-order valence-electron chi connectivity index (χ2n) is 4.21. The molecule has 0 aliphatic heterocycles. The van der Waals surface area contributed by atoms with Crippen molar-refractivity contribution in [3.05, 3.63) is 18.0 Å². The van der Waals surface area contributed by atoms with Gasteiger partial charge in [0.2, 0.25) is 0 Å². The molecule has 1 rings (SSSR count). The SMILES string of the molecule is CCNC(c1ccn(C)n1)C(C)CCOC. The minimum absolute atomic E-state index is 0.321. The summed E-state index contributed by atoms with van der Waals surface area (Å²) < 4.78 is 6.98. The van der Waals surface area contributed by atoms with E-state index in [2.05, 4.69) is 30.3 Å². The lowest BCUT2D eigenvalue weighted by Gasteiger charge is -2.22. The number of hydrogen-bond acceptors (Lipinski definition) is 3. The molecule has 2 atom stereocenters. The molecule has 0 aliphatic rings. The summed E-state index contributed by atoms with van der Waals surface area (Å²) in [6.07, 6.45) is 3.04. The smallest absolute Gasteiger partial charge is 0.0796 e. The second kappa shape index (κ2) is 6.66. The molecule has 1 aromatic rings. The highest BCUT2D eigenvalue weighted by Crippen LogP contribution is 2.22. The Bertz CT molecular complexity index is 298. The Morgan fingerprint density at radius 1 is 1.56 bits per heavy atom. The third-order valence-electron chi connectivity index (χ3n) is 2.82. The van der Waals surface area contributed by atoms with Crippen molar-refractivity contribution in [2.24, 2.45) is 13.0 Å². The summed E-state index contributed by atoms with van der Waals surface area (Å²) in [5, 5.41) is 7.96. The Hall–Kier alpha value is -0.870. The number of nitrogens with zero attached hydrogens (tertiary/aromatic N) is 2. The van der Waals surface area contributed by atoms with Crippen LogP contribution in [0.1, 0.15) is 32.0 Å². The minimum Gasteiger partial charge on any atom is -0.385 e. The van der Waals surface area contributed by atoms with Gasteiger partial charge in [0.15, 0.2) is 0 Å². The van der Waals surface area contributed by atoms with Gasteiger partial charge in [0.1, 0.15) is 0 Å². The number of aryl methyl sites for hydroxylation is 1. The molecule has 4 nitrogen and oxygen atoms in total. The van der Waals surface area contributed by atoms with Crippen LogP contribution in [0, 0.1) is 5.92 Å². The molecule has 16 heavy (non-hydrogen) atoms. The van der Waals surface area contributed by atoms with Crippen molar-refractivity contribution in [2.45, 2.75) is 26.3 Å². The Kier molecular flexibility index (Phi) is 5.49. The topological polar surface area (TPSA) is 39.1 Å². The van der Waals surface area contributed by atoms with Crippen LogP contribution in [0.2, 0.25) is 0 Å². The molecular formula is C12H23N3O. The van der Waals surface area contributed by atoms with E-state index in [4.69, 9.17) is 4.74 Å². The van der Waals surface area contributed by atoms with Crippen molar-refractivity contribution in [2.75, 3.05) is 20.3 Å². The predicted octanol–water partition coefficient (Wildman–Crippen LogP) is 1.74. The van der Waals surface area contributed by atoms with Crippen LogP contribution in [-0.2, 0) is 11.8 Å². The lowest BCUT2D eigenvalue weighted by molar-refractivity contribution is 0.170. The predicted molar refractivity (Wildman–Crippen MR) is 65.3 cm³/mol. The maximum Gasteiger partial charge on any atom is 0.0796 e. The quantitative estimate of drug-likeness (QED) is 0.768. The Balaban J connectivity index is 2.66. The van der Waals surface area contributed by atoms with E-state index < -0.39 is 0 Å². The summed E-state index contributed by atoms with van der Waals surface area (Å²) >= 11 is 0. The summed E-state index contributed by atoms with van der Waals surface area (Å²) in [6.45, 7) is 6.12. The number of aromatic nitrogens is 2. The van der Waals surface area contributed by atoms with E-state index in [9.17, 15) is 0 Å². The molecular weight excluding hydrogens is 202 g/mol. The van der Waals surface area contributed by atoms with Crippen LogP contribution in [0.4, 0.5) is 0 Å². The Morgan fingerprint density at radius 3 is 2.81 bits per heavy atom. The van der Waals surface area contributed by atoms with Crippen LogP contribution >= 0.6 is 0 Å². The minimum atomic E-state index is 0.321. The third kappa shape index (κ3) is 3.61. The highest BCUT2D eigenvalue weighted by atomic mass is 16.5. The van der Waals surface area contributed by atoms with Gasteiger partial charge in [0.05, 0.1) is 11.7 Å². The lowest BCUT2D eigenvalue weighted by Crippen LogP contribution is -2.28. The molecule has 1 N–H and O–H groups in total. The first-order chi connectivity index (χ1) is 7.69. The van der Waals surface area contributed by atoms with Gasteiger partial charge in [-0.1, -0.05) is 13.8 Å². The van der Waals surface area contributed by atoms with Gasteiger partial charge in [-0.05, 0) is 24.9 Å². The molecule has 1 heterocycles. The average molecular weight is 225 g/mol. The number of rotatable bonds is 7. The first kappa shape index (κ1) is 13.2. The van der Waals surface area contributed by atoms with Crippen LogP contribution in [0.25, 0.3) is 0 Å². The molecule has 1 aromatic heterocycles. The summed E-state index contributed by atoms with van der Waals surface area (Å²) in [5.41, 5.74) is 1.12. The lowest BCUT2D eigenvalue weighted by atomic mass is 9.96. The van der Waals surface area contributed by atoms with Crippen molar-refractivity contribution in [1.82, 2.24) is 15.1 Å². The van der Waals surface area contributed by atoms with Crippen LogP contribution in [-0.4, -0.2) is 30.0 Å². The van der Waals surface area contributed by atoms with Crippen molar-refractivity contribution < 1.29 is 4.74 Å². The summed E-state index contributed by atoms with van der Waals surface area (Å²) in [7, 11) is 3.70. The van der Waals surface area contributed by atoms with Crippen molar-refractivity contribution in [3.63, 3.8) is 0 Å². The molecule has 0 spiro atoms. The fourth-order valence-electron chi connectivity index (χ4n) is 1.89. The first-order valence-corrected chi connectivity index (χ1v) is 5.90. The first-order valence-electron chi connectivity index (χ1n) is 5.90. The van der Waals surface area contributed by atoms with Crippen molar-refractivity contribution in [3.8, 4) is 0 Å². The van der Waals surface area contributed by atoms with Crippen LogP contribution in [0.5, 0.6) is 0 Å². The molecule has 92 valence electrons. The van der Waals surface area contributed by atoms with Crippen LogP contribution < -0.4 is 5.32 Å². The molecule has 0 bridgehead atoms. The maximum atomic E-state index is 5.13. The molecule has 0 aliphatic carbocycles. The van der Waals surface area contributed by atoms with Gasteiger partial charge in [-0.15, -0.1) is 0 Å². The highest BCUT2D eigenvalue weighted by molar-refractivity contribution is 5.06. The van der Waals surface area contributed by atoms with E-state index in [-0.39, 0.29) is 0 Å². The largest absolute Gasteiger partial charge is 0.385 e. The fraction of sp³-hybridized carbons (Fsp3) is 0.750. The van der Waals surface area contributed by atoms with E-state index in [1.54, 1.807) is 7.11 Å². The highest BCUT2D eigenvalue weighted by Gasteiger charge is 2.20. The standard InChI is InChI=1S/C12H23N3O/c1-5-13-12(10(2)7-9-16-4)11-6-8-15(3)14-11/h6,8,10,12-13H,5,7,9H2,1-4H3. The summed E-state index contributed by atoms with van der Waals surface area (Å²) in [4.78, 5) is 0. The second-order valence-corrected chi connectivity index (χ2v) is 4.21. The molecule has 0 amide bonds. The zero-order valence-corrected chi connectivity index (χ0v) is 10.7. The summed E-state index contributed by atoms with van der Waals surface area (Å²) in [5.74, 6) is 0.523. The van der Waals surface area contributed by atoms with E-state index >= 15 is 0 Å². The van der Waals surface area contributed by atoms with Crippen molar-refractivity contribution >= 4 is 0 Å². The van der Waals surface area contributed by atoms with E-state index in [0.717, 1.165) is 25.3 Å². The van der Waals surface area contributed by atoms with Gasteiger partial charge in [-0.25, -0.2) is 0 Å². The maximum absolute atomic E-state index is 5.13. The number of nitrogens with one attached hydrogen (secondary N) is 1.